The van der Waals surface area contributed by atoms with Gasteiger partial charge < -0.3 is 80.9 Å². The molecule has 0 saturated carbocycles. The maximum atomic E-state index is 12.9. The molecule has 12 rings (SSSR count). The number of aromatic amines is 1. The smallest absolute Gasteiger partial charge is 0.382 e. The van der Waals surface area contributed by atoms with Crippen molar-refractivity contribution in [3.63, 3.8) is 0 Å². The minimum atomic E-state index is -4.30. The molecule has 8 unspecified atom stereocenters. The number of nitrogens with one attached hydrogen (secondary N) is 2. The van der Waals surface area contributed by atoms with Gasteiger partial charge in [-0.05, 0) is 30.5 Å². The Morgan fingerprint density at radius 3 is 1.51 bits per heavy atom. The summed E-state index contributed by atoms with van der Waals surface area (Å²) in [6, 6.07) is 11.0. The van der Waals surface area contributed by atoms with Crippen LogP contribution in [0.4, 0.5) is 0 Å². The molecule has 37 nitrogen and oxygen atoms in total. The van der Waals surface area contributed by atoms with E-state index in [1.165, 1.54) is 62.2 Å². The number of ether oxygens (including phenoxy) is 12. The quantitative estimate of drug-likeness (QED) is 0.0533. The highest BCUT2D eigenvalue weighted by molar-refractivity contribution is 7.50. The summed E-state index contributed by atoms with van der Waals surface area (Å²) in [7, 11) is -6.43. The Labute approximate surface area is 517 Å². The molecular weight excluding hydrogens is 1300 g/mol. The summed E-state index contributed by atoms with van der Waals surface area (Å²) in [5.41, 5.74) is -6.12. The van der Waals surface area contributed by atoms with Crippen molar-refractivity contribution in [2.45, 2.75) is 103 Å². The Morgan fingerprint density at radius 1 is 0.549 bits per heavy atom. The van der Waals surface area contributed by atoms with E-state index in [1.807, 2.05) is 19.1 Å². The van der Waals surface area contributed by atoms with E-state index >= 15 is 0 Å². The third kappa shape index (κ3) is 14.6. The lowest BCUT2D eigenvalue weighted by molar-refractivity contribution is -0.190. The van der Waals surface area contributed by atoms with Gasteiger partial charge in [0.1, 0.15) is 65.1 Å². The first-order valence-corrected chi connectivity index (χ1v) is 33.6. The Bertz CT molecular complexity index is 3660. The summed E-state index contributed by atoms with van der Waals surface area (Å²) in [5.74, 6) is 0. The number of methoxy groups -OCH3 is 4. The van der Waals surface area contributed by atoms with Gasteiger partial charge in [0.2, 0.25) is 0 Å². The highest BCUT2D eigenvalue weighted by Gasteiger charge is 2.68. The summed E-state index contributed by atoms with van der Waals surface area (Å²) in [4.78, 5) is 92.3. The van der Waals surface area contributed by atoms with Crippen molar-refractivity contribution in [1.82, 2.24) is 28.8 Å². The van der Waals surface area contributed by atoms with Crippen LogP contribution in [0.25, 0.3) is 10.8 Å². The molecule has 508 valence electrons. The van der Waals surface area contributed by atoms with E-state index in [0.29, 0.717) is 5.39 Å². The fraction of sp³-hybridized carbons (Fsp3) is 0.660. The molecule has 0 radical (unpaired) electrons. The van der Waals surface area contributed by atoms with E-state index in [0.717, 1.165) is 38.4 Å². The van der Waals surface area contributed by atoms with Crippen LogP contribution in [-0.4, -0.2) is 230 Å². The number of nitrogens with zero attached hydrogens (tertiary/aromatic N) is 4. The molecule has 41 heteroatoms. The van der Waals surface area contributed by atoms with Gasteiger partial charge in [-0.25, -0.2) is 37.9 Å². The van der Waals surface area contributed by atoms with Crippen molar-refractivity contribution < 1.29 is 126 Å². The Hall–Kier alpha value is -4.05. The lowest BCUT2D eigenvalue weighted by Crippen LogP contribution is -2.50. The molecule has 8 saturated heterocycles. The number of phosphoric acid groups is 3. The maximum absolute atomic E-state index is 12.9. The van der Waals surface area contributed by atoms with Crippen LogP contribution in [0.1, 0.15) is 25.6 Å². The van der Waals surface area contributed by atoms with Crippen molar-refractivity contribution in [1.29, 1.82) is 0 Å². The third-order valence-corrected chi connectivity index (χ3v) is 20.0. The number of hydrogen-bond donors (Lipinski definition) is 6. The van der Waals surface area contributed by atoms with E-state index in [1.54, 1.807) is 30.5 Å². The fourth-order valence-electron chi connectivity index (χ4n) is 12.0. The van der Waals surface area contributed by atoms with E-state index < -0.39 is 132 Å². The average Bonchev–Trinajstić information content (AvgIpc) is 1.60. The largest absolute Gasteiger partial charge is 0.472 e. The van der Waals surface area contributed by atoms with Gasteiger partial charge in [0.05, 0.1) is 65.0 Å². The molecule has 3 aromatic heterocycles. The minimum Gasteiger partial charge on any atom is -0.382 e. The van der Waals surface area contributed by atoms with Gasteiger partial charge in [0.25, 0.3) is 11.1 Å². The number of aromatic nitrogens is 5. The monoisotopic (exact) mass is 1380 g/mol. The molecule has 0 spiro atoms. The SMILES string of the molecule is COC[C@@]12COC([C@H](C)O1)[C@H]2OP(=O)(O)OC.COC[C@@]12COC([C@H](n3ccc(=O)[nH]c3=O)O1)[C@H]2NP(=O)(O)OC.COC[C@@]12COC([C@H](n3ccc4ccccc4c3=O)O1)[C@H]2OP(=O)(O)OC.COC[C@@]12COC([C@H](n3cccnc3=O)O1)[C@H]2OP(=O)(O)OC. The molecule has 8 fully saturated rings. The second-order valence-electron chi connectivity index (χ2n) is 21.7. The van der Waals surface area contributed by atoms with Crippen molar-refractivity contribution in [2.75, 3.05) is 110 Å². The summed E-state index contributed by atoms with van der Waals surface area (Å²) in [5, 5.41) is 3.84. The van der Waals surface area contributed by atoms with Crippen molar-refractivity contribution in [3.05, 3.63) is 109 Å². The second-order valence-corrected chi connectivity index (χ2v) is 27.9. The summed E-state index contributed by atoms with van der Waals surface area (Å²) in [6.07, 6.45) is -2.22. The minimum absolute atomic E-state index is 0.0589. The lowest BCUT2D eigenvalue weighted by atomic mass is 9.98. The van der Waals surface area contributed by atoms with Gasteiger partial charge in [-0.15, -0.1) is 0 Å². The molecule has 0 amide bonds. The molecule has 8 aliphatic rings. The van der Waals surface area contributed by atoms with Crippen molar-refractivity contribution in [3.8, 4) is 0 Å². The molecule has 6 N–H and O–H groups in total. The molecule has 8 aliphatic heterocycles. The number of H-pyrrole nitrogens is 1. The van der Waals surface area contributed by atoms with E-state index in [4.69, 9.17) is 70.4 Å². The standard InChI is InChI=1S/C17H20NO8P.C12H18N3O8P.C12H17N2O8P.C9H17O7P/c1-22-9-17-10-24-13(14(17)26-27(20,21)23-2)16(25-17)18-8-7-11-5-3-4-6-12(11)15(18)19;1-20-5-12-6-22-8(9(12)14-24(18,19)21-2)10(23-12)15-4-3-7(16)13-11(15)17;1-18-6-12-7-20-8(9(12)22-23(16,17)19-2)10(21-12)14-5-3-4-13-11(14)15;1-6-7-8(16-17(10,11)13-3)9(15-6,4-12-2)5-14-7/h3-8,13-14,16H,9-10H2,1-2H3,(H,20,21);3-4,8-10H,5-6H2,1-2H3,(H,13,16,17)(H2,14,18,19);3-5,8-10H,6-7H2,1-2H3,(H,16,17);6-8H,4-5H2,1-3H3,(H,10,11)/t13?,14-,16-,17+;2*8?,9-,10-,12+;6-,7?,8+,9-/m1110/s1. The Balaban J connectivity index is 0.000000145. The van der Waals surface area contributed by atoms with Crippen LogP contribution < -0.4 is 27.6 Å². The van der Waals surface area contributed by atoms with Crippen LogP contribution in [0.5, 0.6) is 0 Å². The summed E-state index contributed by atoms with van der Waals surface area (Å²) in [6.45, 7) is 2.87. The number of benzene rings is 1. The van der Waals surface area contributed by atoms with Gasteiger partial charge in [-0.1, -0.05) is 18.2 Å². The molecule has 8 bridgehead atoms. The molecule has 0 aliphatic carbocycles. The summed E-state index contributed by atoms with van der Waals surface area (Å²) < 4.78 is 151. The van der Waals surface area contributed by atoms with E-state index in [9.17, 15) is 57.0 Å². The van der Waals surface area contributed by atoms with Gasteiger partial charge in [0, 0.05) is 93.1 Å². The Morgan fingerprint density at radius 2 is 1.00 bits per heavy atom. The molecular formula is C50H72N6O31P4. The predicted octanol–water partition coefficient (Wildman–Crippen LogP) is 0.00990. The zero-order valence-electron chi connectivity index (χ0n) is 50.3. The molecule has 4 aromatic rings. The van der Waals surface area contributed by atoms with Crippen LogP contribution in [-0.2, 0) is 107 Å². The predicted molar refractivity (Wildman–Crippen MR) is 305 cm³/mol. The van der Waals surface area contributed by atoms with Crippen LogP contribution in [0.3, 0.4) is 0 Å². The third-order valence-electron chi connectivity index (χ3n) is 16.0. The first-order valence-electron chi connectivity index (χ1n) is 27.5. The van der Waals surface area contributed by atoms with Gasteiger partial charge in [-0.2, -0.15) is 0 Å². The van der Waals surface area contributed by atoms with Crippen molar-refractivity contribution >= 4 is 42.0 Å². The number of rotatable bonds is 23. The first kappa shape index (κ1) is 71.2. The number of hydrogen-bond acceptors (Lipinski definition) is 28. The topological polar surface area (TPSA) is 448 Å². The van der Waals surface area contributed by atoms with Gasteiger partial charge in [0.15, 0.2) is 18.7 Å². The molecule has 11 heterocycles. The van der Waals surface area contributed by atoms with Gasteiger partial charge >= 0.3 is 42.6 Å². The zero-order chi connectivity index (χ0) is 66.1. The molecule has 1 aromatic carbocycles. The second kappa shape index (κ2) is 28.3. The average molecular weight is 1380 g/mol. The first-order chi connectivity index (χ1) is 43.1. The van der Waals surface area contributed by atoms with E-state index in [-0.39, 0.29) is 70.6 Å². The molecule has 20 atom stereocenters. The van der Waals surface area contributed by atoms with Crippen LogP contribution >= 0.6 is 31.2 Å². The maximum Gasteiger partial charge on any atom is 0.472 e. The fourth-order valence-corrected chi connectivity index (χ4v) is 14.9. The zero-order valence-corrected chi connectivity index (χ0v) is 53.9. The molecule has 91 heavy (non-hydrogen) atoms. The number of pyridine rings is 1. The lowest BCUT2D eigenvalue weighted by Gasteiger charge is -2.31. The van der Waals surface area contributed by atoms with E-state index in [2.05, 4.69) is 33.2 Å². The van der Waals surface area contributed by atoms with Crippen LogP contribution in [0, 0.1) is 0 Å². The Kier molecular flexibility index (Phi) is 22.2. The summed E-state index contributed by atoms with van der Waals surface area (Å²) >= 11 is 0. The van der Waals surface area contributed by atoms with Crippen LogP contribution in [0.2, 0.25) is 0 Å². The normalized spacial score (nSPS) is 35.7. The van der Waals surface area contributed by atoms with Gasteiger partial charge in [-0.3, -0.25) is 55.4 Å². The highest BCUT2D eigenvalue weighted by Crippen LogP contribution is 2.57. The van der Waals surface area contributed by atoms with Crippen LogP contribution in [0.15, 0.2) is 86.4 Å². The highest BCUT2D eigenvalue weighted by atomic mass is 31.2. The number of phosphoric ester groups is 3. The van der Waals surface area contributed by atoms with Crippen molar-refractivity contribution in [2.24, 2.45) is 0 Å². The number of fused-ring (bicyclic) bond motifs is 9.